The summed E-state index contributed by atoms with van der Waals surface area (Å²) in [5.74, 6) is 0.100. The Labute approximate surface area is 81.0 Å². The van der Waals surface area contributed by atoms with Gasteiger partial charge in [-0.15, -0.1) is 0 Å². The van der Waals surface area contributed by atoms with Crippen molar-refractivity contribution < 1.29 is 14.3 Å². The molecule has 1 aromatic rings. The molecule has 1 aliphatic carbocycles. The normalized spacial score (nSPS) is 12.8. The van der Waals surface area contributed by atoms with E-state index in [4.69, 9.17) is 4.74 Å². The van der Waals surface area contributed by atoms with Crippen molar-refractivity contribution in [2.45, 2.75) is 6.92 Å². The molecule has 2 rings (SSSR count). The Balaban J connectivity index is 2.37. The Morgan fingerprint density at radius 2 is 2.07 bits per heavy atom. The van der Waals surface area contributed by atoms with Gasteiger partial charge in [0.15, 0.2) is 5.78 Å². The van der Waals surface area contributed by atoms with E-state index in [1.54, 1.807) is 24.3 Å². The number of carbonyl (C=O) groups excluding carboxylic acids is 2. The molecule has 1 aliphatic rings. The average molecular weight is 188 g/mol. The smallest absolute Gasteiger partial charge is 0.308 e. The van der Waals surface area contributed by atoms with Crippen molar-refractivity contribution in [2.24, 2.45) is 0 Å². The largest absolute Gasteiger partial charge is 0.427 e. The number of ether oxygens (including phenoxy) is 1. The summed E-state index contributed by atoms with van der Waals surface area (Å²) in [4.78, 5) is 21.9. The van der Waals surface area contributed by atoms with Crippen LogP contribution >= 0.6 is 0 Å². The number of ketones is 1. The quantitative estimate of drug-likeness (QED) is 0.498. The number of esters is 1. The Morgan fingerprint density at radius 1 is 1.29 bits per heavy atom. The van der Waals surface area contributed by atoms with Crippen LogP contribution in [0.1, 0.15) is 22.8 Å². The Bertz CT molecular complexity index is 444. The summed E-state index contributed by atoms with van der Waals surface area (Å²) in [5, 5.41) is 0. The van der Waals surface area contributed by atoms with Gasteiger partial charge >= 0.3 is 5.97 Å². The first-order valence-corrected chi connectivity index (χ1v) is 4.22. The Hall–Kier alpha value is -1.90. The van der Waals surface area contributed by atoms with E-state index in [1.165, 1.54) is 13.0 Å². The lowest BCUT2D eigenvalue weighted by molar-refractivity contribution is -0.131. The molecular formula is C11H8O3. The summed E-state index contributed by atoms with van der Waals surface area (Å²) in [6.45, 7) is 1.34. The highest BCUT2D eigenvalue weighted by Gasteiger charge is 2.14. The van der Waals surface area contributed by atoms with Crippen LogP contribution in [0.4, 0.5) is 0 Å². The van der Waals surface area contributed by atoms with E-state index in [9.17, 15) is 9.59 Å². The molecule has 0 amide bonds. The molecule has 0 spiro atoms. The molecule has 3 heteroatoms. The fourth-order valence-electron chi connectivity index (χ4n) is 1.39. The molecule has 0 aliphatic heterocycles. The van der Waals surface area contributed by atoms with E-state index in [2.05, 4.69) is 0 Å². The molecule has 3 nitrogen and oxygen atoms in total. The predicted octanol–water partition coefficient (Wildman–Crippen LogP) is 1.82. The van der Waals surface area contributed by atoms with E-state index in [-0.39, 0.29) is 11.8 Å². The fourth-order valence-corrected chi connectivity index (χ4v) is 1.39. The zero-order valence-electron chi connectivity index (χ0n) is 7.61. The van der Waals surface area contributed by atoms with E-state index >= 15 is 0 Å². The molecule has 0 saturated heterocycles. The molecule has 14 heavy (non-hydrogen) atoms. The van der Waals surface area contributed by atoms with Gasteiger partial charge in [0.25, 0.3) is 0 Å². The second kappa shape index (κ2) is 3.10. The van der Waals surface area contributed by atoms with Crippen molar-refractivity contribution in [3.05, 3.63) is 35.4 Å². The van der Waals surface area contributed by atoms with Gasteiger partial charge in [-0.2, -0.15) is 0 Å². The minimum Gasteiger partial charge on any atom is -0.427 e. The van der Waals surface area contributed by atoms with Gasteiger partial charge in [-0.05, 0) is 29.8 Å². The minimum absolute atomic E-state index is 0.00521. The summed E-state index contributed by atoms with van der Waals surface area (Å²) < 4.78 is 4.89. The number of allylic oxidation sites excluding steroid dienone is 1. The van der Waals surface area contributed by atoms with Crippen LogP contribution in [0.3, 0.4) is 0 Å². The molecule has 0 fully saturated rings. The third-order valence-corrected chi connectivity index (χ3v) is 1.96. The van der Waals surface area contributed by atoms with Gasteiger partial charge in [0.1, 0.15) is 5.75 Å². The zero-order valence-corrected chi connectivity index (χ0v) is 7.61. The van der Waals surface area contributed by atoms with Gasteiger partial charge in [-0.1, -0.05) is 6.08 Å². The molecule has 0 radical (unpaired) electrons. The van der Waals surface area contributed by atoms with Crippen LogP contribution < -0.4 is 4.74 Å². The van der Waals surface area contributed by atoms with E-state index in [1.807, 2.05) is 0 Å². The molecular weight excluding hydrogens is 180 g/mol. The van der Waals surface area contributed by atoms with Crippen molar-refractivity contribution in [1.82, 2.24) is 0 Å². The topological polar surface area (TPSA) is 43.4 Å². The van der Waals surface area contributed by atoms with Crippen molar-refractivity contribution in [3.63, 3.8) is 0 Å². The van der Waals surface area contributed by atoms with E-state index < -0.39 is 0 Å². The summed E-state index contributed by atoms with van der Waals surface area (Å²) >= 11 is 0. The second-order valence-corrected chi connectivity index (χ2v) is 3.04. The third kappa shape index (κ3) is 1.44. The van der Waals surface area contributed by atoms with Gasteiger partial charge < -0.3 is 4.74 Å². The van der Waals surface area contributed by atoms with Gasteiger partial charge in [0, 0.05) is 12.5 Å². The number of carbonyl (C=O) groups is 2. The lowest BCUT2D eigenvalue weighted by Gasteiger charge is -2.02. The van der Waals surface area contributed by atoms with Gasteiger partial charge in [0.05, 0.1) is 0 Å². The Kier molecular flexibility index (Phi) is 1.93. The number of rotatable bonds is 1. The van der Waals surface area contributed by atoms with Crippen LogP contribution in [0.2, 0.25) is 0 Å². The minimum atomic E-state index is -0.363. The summed E-state index contributed by atoms with van der Waals surface area (Å²) in [5.41, 5.74) is 1.45. The van der Waals surface area contributed by atoms with Gasteiger partial charge in [0.2, 0.25) is 0 Å². The first-order valence-electron chi connectivity index (χ1n) is 4.22. The molecule has 70 valence electrons. The number of hydrogen-bond donors (Lipinski definition) is 0. The predicted molar refractivity (Wildman–Crippen MR) is 51.1 cm³/mol. The van der Waals surface area contributed by atoms with Crippen LogP contribution in [0.15, 0.2) is 24.3 Å². The number of hydrogen-bond acceptors (Lipinski definition) is 3. The van der Waals surface area contributed by atoms with Gasteiger partial charge in [-0.3, -0.25) is 9.59 Å². The van der Waals surface area contributed by atoms with Crippen LogP contribution in [0.5, 0.6) is 5.75 Å². The van der Waals surface area contributed by atoms with Gasteiger partial charge in [-0.25, -0.2) is 0 Å². The standard InChI is InChI=1S/C11H8O3/c1-7(12)14-9-3-4-10-8(6-9)2-5-11(10)13/h2-6H,1H3. The first kappa shape index (κ1) is 8.69. The second-order valence-electron chi connectivity index (χ2n) is 3.04. The van der Waals surface area contributed by atoms with Crippen LogP contribution in [-0.4, -0.2) is 11.8 Å². The lowest BCUT2D eigenvalue weighted by Crippen LogP contribution is -2.02. The van der Waals surface area contributed by atoms with Crippen LogP contribution in [0, 0.1) is 0 Å². The molecule has 1 aromatic carbocycles. The fraction of sp³-hybridized carbons (Fsp3) is 0.0909. The van der Waals surface area contributed by atoms with E-state index in [0.29, 0.717) is 11.3 Å². The molecule has 0 heterocycles. The van der Waals surface area contributed by atoms with E-state index in [0.717, 1.165) is 5.56 Å². The summed E-state index contributed by atoms with van der Waals surface area (Å²) in [7, 11) is 0. The average Bonchev–Trinajstić information content (AvgIpc) is 2.46. The van der Waals surface area contributed by atoms with Crippen LogP contribution in [0.25, 0.3) is 6.08 Å². The highest BCUT2D eigenvalue weighted by Crippen LogP contribution is 2.24. The molecule has 0 unspecified atom stereocenters. The maximum atomic E-state index is 11.2. The summed E-state index contributed by atoms with van der Waals surface area (Å²) in [6.07, 6.45) is 3.22. The summed E-state index contributed by atoms with van der Waals surface area (Å²) in [6, 6.07) is 4.96. The zero-order chi connectivity index (χ0) is 10.1. The third-order valence-electron chi connectivity index (χ3n) is 1.96. The van der Waals surface area contributed by atoms with Crippen molar-refractivity contribution >= 4 is 17.8 Å². The van der Waals surface area contributed by atoms with Crippen LogP contribution in [-0.2, 0) is 4.79 Å². The number of benzene rings is 1. The SMILES string of the molecule is CC(=O)Oc1ccc2c(c1)C=CC2=O. The maximum Gasteiger partial charge on any atom is 0.308 e. The highest BCUT2D eigenvalue weighted by molar-refractivity contribution is 6.13. The molecule has 0 atom stereocenters. The maximum absolute atomic E-state index is 11.2. The molecule has 0 aromatic heterocycles. The molecule has 0 N–H and O–H groups in total. The number of fused-ring (bicyclic) bond motifs is 1. The lowest BCUT2D eigenvalue weighted by atomic mass is 10.1. The monoisotopic (exact) mass is 188 g/mol. The molecule has 0 bridgehead atoms. The van der Waals surface area contributed by atoms with Crippen molar-refractivity contribution in [3.8, 4) is 5.75 Å². The van der Waals surface area contributed by atoms with Crippen molar-refractivity contribution in [1.29, 1.82) is 0 Å². The highest BCUT2D eigenvalue weighted by atomic mass is 16.5. The van der Waals surface area contributed by atoms with Crippen molar-refractivity contribution in [2.75, 3.05) is 0 Å². The first-order chi connectivity index (χ1) is 6.66. The molecule has 0 saturated carbocycles. The Morgan fingerprint density at radius 3 is 2.79 bits per heavy atom.